The number of carbonyl (C=O) groups is 1. The number of allylic oxidation sites excluding steroid dienone is 5. The number of hydrogen-bond acceptors (Lipinski definition) is 2. The van der Waals surface area contributed by atoms with Crippen molar-refractivity contribution in [3.05, 3.63) is 35.4 Å². The average molecular weight is 213 g/mol. The van der Waals surface area contributed by atoms with E-state index in [0.29, 0.717) is 6.61 Å². The maximum Gasteiger partial charge on any atom is 0.330 e. The first kappa shape index (κ1) is 11.1. The molecular formula is C11H13ClO2. The minimum atomic E-state index is -0.299. The lowest BCUT2D eigenvalue weighted by molar-refractivity contribution is -0.137. The monoisotopic (exact) mass is 212 g/mol. The Bertz CT molecular complexity index is 290. The average Bonchev–Trinajstić information content (AvgIpc) is 2.15. The SMILES string of the molecule is CCOC(=O)/C=C/C1C=C(Cl)C=CC1. The van der Waals surface area contributed by atoms with Gasteiger partial charge in [0.1, 0.15) is 0 Å². The zero-order valence-electron chi connectivity index (χ0n) is 8.07. The van der Waals surface area contributed by atoms with Crippen LogP contribution in [0, 0.1) is 5.92 Å². The van der Waals surface area contributed by atoms with Crippen LogP contribution >= 0.6 is 11.6 Å². The maximum atomic E-state index is 11.0. The van der Waals surface area contributed by atoms with Crippen LogP contribution in [0.1, 0.15) is 13.3 Å². The molecule has 0 N–H and O–H groups in total. The molecule has 0 aromatic heterocycles. The normalized spacial score (nSPS) is 21.0. The molecule has 0 aromatic carbocycles. The zero-order valence-corrected chi connectivity index (χ0v) is 8.83. The number of esters is 1. The van der Waals surface area contributed by atoms with Crippen molar-refractivity contribution in [2.75, 3.05) is 6.61 Å². The van der Waals surface area contributed by atoms with E-state index in [9.17, 15) is 4.79 Å². The molecule has 1 rings (SSSR count). The second-order valence-electron chi connectivity index (χ2n) is 2.96. The van der Waals surface area contributed by atoms with Gasteiger partial charge in [-0.1, -0.05) is 29.8 Å². The molecule has 3 heteroatoms. The van der Waals surface area contributed by atoms with Crippen LogP contribution in [0.3, 0.4) is 0 Å². The Balaban J connectivity index is 2.45. The van der Waals surface area contributed by atoms with Crippen LogP contribution in [0.2, 0.25) is 0 Å². The molecule has 76 valence electrons. The van der Waals surface area contributed by atoms with Crippen molar-refractivity contribution in [3.8, 4) is 0 Å². The molecule has 1 aliphatic carbocycles. The van der Waals surface area contributed by atoms with Gasteiger partial charge in [0.05, 0.1) is 6.61 Å². The van der Waals surface area contributed by atoms with Crippen LogP contribution in [-0.2, 0) is 9.53 Å². The van der Waals surface area contributed by atoms with Crippen molar-refractivity contribution in [2.24, 2.45) is 5.92 Å². The summed E-state index contributed by atoms with van der Waals surface area (Å²) in [5, 5.41) is 0.717. The van der Waals surface area contributed by atoms with E-state index in [4.69, 9.17) is 16.3 Å². The highest BCUT2D eigenvalue weighted by Gasteiger charge is 2.05. The molecule has 0 spiro atoms. The highest BCUT2D eigenvalue weighted by atomic mass is 35.5. The Labute approximate surface area is 88.9 Å². The molecule has 2 nitrogen and oxygen atoms in total. The van der Waals surface area contributed by atoms with E-state index in [2.05, 4.69) is 0 Å². The van der Waals surface area contributed by atoms with E-state index >= 15 is 0 Å². The van der Waals surface area contributed by atoms with Gasteiger partial charge in [0.15, 0.2) is 0 Å². The summed E-state index contributed by atoms with van der Waals surface area (Å²) in [7, 11) is 0. The van der Waals surface area contributed by atoms with Crippen LogP contribution in [-0.4, -0.2) is 12.6 Å². The van der Waals surface area contributed by atoms with Gasteiger partial charge in [0, 0.05) is 17.0 Å². The molecule has 0 aromatic rings. The predicted molar refractivity (Wildman–Crippen MR) is 57.0 cm³/mol. The van der Waals surface area contributed by atoms with Gasteiger partial charge in [-0.3, -0.25) is 0 Å². The summed E-state index contributed by atoms with van der Waals surface area (Å²) < 4.78 is 4.76. The minimum Gasteiger partial charge on any atom is -0.463 e. The van der Waals surface area contributed by atoms with Gasteiger partial charge in [-0.15, -0.1) is 0 Å². The highest BCUT2D eigenvalue weighted by Crippen LogP contribution is 2.19. The number of ether oxygens (including phenoxy) is 1. The van der Waals surface area contributed by atoms with Gasteiger partial charge in [-0.05, 0) is 19.4 Å². The zero-order chi connectivity index (χ0) is 10.4. The Morgan fingerprint density at radius 3 is 3.21 bits per heavy atom. The Kier molecular flexibility index (Phi) is 4.47. The van der Waals surface area contributed by atoms with Crippen molar-refractivity contribution in [1.29, 1.82) is 0 Å². The van der Waals surface area contributed by atoms with Crippen LogP contribution in [0.4, 0.5) is 0 Å². The molecule has 0 radical (unpaired) electrons. The fourth-order valence-corrected chi connectivity index (χ4v) is 1.44. The lowest BCUT2D eigenvalue weighted by atomic mass is 10.0. The molecule has 14 heavy (non-hydrogen) atoms. The molecule has 1 aliphatic rings. The van der Waals surface area contributed by atoms with Crippen molar-refractivity contribution in [3.63, 3.8) is 0 Å². The summed E-state index contributed by atoms with van der Waals surface area (Å²) in [4.78, 5) is 11.0. The summed E-state index contributed by atoms with van der Waals surface area (Å²) in [5.74, 6) is -0.0940. The molecule has 0 saturated heterocycles. The van der Waals surface area contributed by atoms with Crippen LogP contribution < -0.4 is 0 Å². The maximum absolute atomic E-state index is 11.0. The third kappa shape index (κ3) is 3.79. The molecule has 0 fully saturated rings. The second-order valence-corrected chi connectivity index (χ2v) is 3.40. The smallest absolute Gasteiger partial charge is 0.330 e. The Morgan fingerprint density at radius 2 is 2.57 bits per heavy atom. The van der Waals surface area contributed by atoms with Crippen molar-refractivity contribution in [1.82, 2.24) is 0 Å². The third-order valence-corrected chi connectivity index (χ3v) is 2.08. The quantitative estimate of drug-likeness (QED) is 0.531. The molecule has 0 aliphatic heterocycles. The van der Waals surface area contributed by atoms with Gasteiger partial charge in [0.25, 0.3) is 0 Å². The molecule has 0 saturated carbocycles. The largest absolute Gasteiger partial charge is 0.463 e. The molecule has 0 bridgehead atoms. The lowest BCUT2D eigenvalue weighted by Gasteiger charge is -2.08. The highest BCUT2D eigenvalue weighted by molar-refractivity contribution is 6.31. The summed E-state index contributed by atoms with van der Waals surface area (Å²) >= 11 is 5.81. The first-order valence-electron chi connectivity index (χ1n) is 4.61. The van der Waals surface area contributed by atoms with Gasteiger partial charge >= 0.3 is 5.97 Å². The molecular weight excluding hydrogens is 200 g/mol. The Morgan fingerprint density at radius 1 is 1.79 bits per heavy atom. The van der Waals surface area contributed by atoms with E-state index < -0.39 is 0 Å². The van der Waals surface area contributed by atoms with E-state index in [1.54, 1.807) is 6.92 Å². The van der Waals surface area contributed by atoms with Crippen LogP contribution in [0.5, 0.6) is 0 Å². The van der Waals surface area contributed by atoms with Gasteiger partial charge in [-0.2, -0.15) is 0 Å². The topological polar surface area (TPSA) is 26.3 Å². The van der Waals surface area contributed by atoms with E-state index in [1.165, 1.54) is 6.08 Å². The van der Waals surface area contributed by atoms with E-state index in [1.807, 2.05) is 24.3 Å². The first-order valence-corrected chi connectivity index (χ1v) is 4.99. The number of hydrogen-bond donors (Lipinski definition) is 0. The fraction of sp³-hybridized carbons (Fsp3) is 0.364. The number of halogens is 1. The van der Waals surface area contributed by atoms with E-state index in [0.717, 1.165) is 11.5 Å². The summed E-state index contributed by atoms with van der Waals surface area (Å²) in [6.45, 7) is 2.19. The molecule has 1 atom stereocenters. The summed E-state index contributed by atoms with van der Waals surface area (Å²) in [6.07, 6.45) is 9.90. The van der Waals surface area contributed by atoms with E-state index in [-0.39, 0.29) is 11.9 Å². The molecule has 1 unspecified atom stereocenters. The van der Waals surface area contributed by atoms with Crippen molar-refractivity contribution >= 4 is 17.6 Å². The molecule has 0 heterocycles. The first-order chi connectivity index (χ1) is 6.72. The minimum absolute atomic E-state index is 0.205. The summed E-state index contributed by atoms with van der Waals surface area (Å²) in [5.41, 5.74) is 0. The van der Waals surface area contributed by atoms with Gasteiger partial charge in [0.2, 0.25) is 0 Å². The lowest BCUT2D eigenvalue weighted by Crippen LogP contribution is -2.01. The predicted octanol–water partition coefficient (Wildman–Crippen LogP) is 2.80. The number of carbonyl (C=O) groups excluding carboxylic acids is 1. The van der Waals surface area contributed by atoms with Crippen LogP contribution in [0.25, 0.3) is 0 Å². The van der Waals surface area contributed by atoms with Crippen molar-refractivity contribution in [2.45, 2.75) is 13.3 Å². The number of rotatable bonds is 3. The summed E-state index contributed by atoms with van der Waals surface area (Å²) in [6, 6.07) is 0. The molecule has 0 amide bonds. The standard InChI is InChI=1S/C11H13ClO2/c1-2-14-11(13)7-6-9-4-3-5-10(12)8-9/h3,5-9H,2,4H2,1H3/b7-6+. The Hall–Kier alpha value is -1.02. The second kappa shape index (κ2) is 5.66. The van der Waals surface area contributed by atoms with Gasteiger partial charge in [-0.25, -0.2) is 4.79 Å². The third-order valence-electron chi connectivity index (χ3n) is 1.82. The van der Waals surface area contributed by atoms with Crippen LogP contribution in [0.15, 0.2) is 35.4 Å². The van der Waals surface area contributed by atoms with Crippen molar-refractivity contribution < 1.29 is 9.53 Å². The van der Waals surface area contributed by atoms with Gasteiger partial charge < -0.3 is 4.74 Å². The fourth-order valence-electron chi connectivity index (χ4n) is 1.19.